The Kier molecular flexibility index (Phi) is 6.66. The van der Waals surface area contributed by atoms with Gasteiger partial charge in [0.1, 0.15) is 11.5 Å². The van der Waals surface area contributed by atoms with E-state index in [4.69, 9.17) is 9.47 Å². The third-order valence-electron chi connectivity index (χ3n) is 3.53. The lowest BCUT2D eigenvalue weighted by Gasteiger charge is -2.12. The van der Waals surface area contributed by atoms with Crippen molar-refractivity contribution < 1.29 is 14.3 Å². The zero-order valence-electron chi connectivity index (χ0n) is 13.0. The summed E-state index contributed by atoms with van der Waals surface area (Å²) in [7, 11) is 0. The summed E-state index contributed by atoms with van der Waals surface area (Å²) in [4.78, 5) is 11.9. The average Bonchev–Trinajstić information content (AvgIpc) is 2.55. The molecule has 0 N–H and O–H groups in total. The zero-order valence-corrected chi connectivity index (χ0v) is 16.2. The Morgan fingerprint density at radius 1 is 1.13 bits per heavy atom. The van der Waals surface area contributed by atoms with Crippen molar-refractivity contribution in [2.75, 3.05) is 6.61 Å². The van der Waals surface area contributed by atoms with Gasteiger partial charge >= 0.3 is 5.97 Å². The molecule has 23 heavy (non-hydrogen) atoms. The van der Waals surface area contributed by atoms with Gasteiger partial charge in [-0.1, -0.05) is 35.8 Å². The lowest BCUT2D eigenvalue weighted by Crippen LogP contribution is -2.17. The smallest absolute Gasteiger partial charge is 0.349 e. The summed E-state index contributed by atoms with van der Waals surface area (Å²) in [6, 6.07) is 13.1. The van der Waals surface area contributed by atoms with Gasteiger partial charge in [0, 0.05) is 4.47 Å². The lowest BCUT2D eigenvalue weighted by molar-refractivity contribution is -0.136. The second-order valence-electron chi connectivity index (χ2n) is 5.22. The quantitative estimate of drug-likeness (QED) is 0.425. The van der Waals surface area contributed by atoms with Crippen molar-refractivity contribution in [2.24, 2.45) is 0 Å². The SMILES string of the molecule is CCC(C)c1ccc(OC(=O)COc2ccc(Br)cc2)c(Br)c1. The van der Waals surface area contributed by atoms with Crippen LogP contribution in [0, 0.1) is 0 Å². The van der Waals surface area contributed by atoms with E-state index in [0.29, 0.717) is 17.4 Å². The first-order valence-corrected chi connectivity index (χ1v) is 8.96. The molecular formula is C18H18Br2O3. The summed E-state index contributed by atoms with van der Waals surface area (Å²) in [5, 5.41) is 0. The fraction of sp³-hybridized carbons (Fsp3) is 0.278. The number of carbonyl (C=O) groups excluding carboxylic acids is 1. The Morgan fingerprint density at radius 3 is 2.43 bits per heavy atom. The molecule has 1 atom stereocenters. The van der Waals surface area contributed by atoms with E-state index in [1.807, 2.05) is 30.3 Å². The molecule has 1 unspecified atom stereocenters. The van der Waals surface area contributed by atoms with Gasteiger partial charge in [0.15, 0.2) is 6.61 Å². The van der Waals surface area contributed by atoms with Crippen LogP contribution in [-0.2, 0) is 4.79 Å². The van der Waals surface area contributed by atoms with Crippen molar-refractivity contribution in [1.29, 1.82) is 0 Å². The van der Waals surface area contributed by atoms with Crippen LogP contribution < -0.4 is 9.47 Å². The van der Waals surface area contributed by atoms with E-state index >= 15 is 0 Å². The van der Waals surface area contributed by atoms with Gasteiger partial charge in [0.05, 0.1) is 4.47 Å². The molecule has 0 radical (unpaired) electrons. The second kappa shape index (κ2) is 8.50. The highest BCUT2D eigenvalue weighted by Crippen LogP contribution is 2.30. The summed E-state index contributed by atoms with van der Waals surface area (Å²) in [5.74, 6) is 1.15. The van der Waals surface area contributed by atoms with E-state index in [-0.39, 0.29) is 6.61 Å². The monoisotopic (exact) mass is 440 g/mol. The Hall–Kier alpha value is -1.33. The van der Waals surface area contributed by atoms with Crippen LogP contribution in [0.5, 0.6) is 11.5 Å². The van der Waals surface area contributed by atoms with Crippen LogP contribution in [0.3, 0.4) is 0 Å². The largest absolute Gasteiger partial charge is 0.482 e. The number of esters is 1. The van der Waals surface area contributed by atoms with E-state index in [9.17, 15) is 4.79 Å². The van der Waals surface area contributed by atoms with E-state index in [0.717, 1.165) is 15.4 Å². The van der Waals surface area contributed by atoms with Gasteiger partial charge in [-0.3, -0.25) is 0 Å². The first kappa shape index (κ1) is 18.0. The van der Waals surface area contributed by atoms with E-state index in [2.05, 4.69) is 45.7 Å². The maximum Gasteiger partial charge on any atom is 0.349 e. The molecule has 122 valence electrons. The van der Waals surface area contributed by atoms with Crippen molar-refractivity contribution >= 4 is 37.8 Å². The molecule has 0 spiro atoms. The molecule has 0 heterocycles. The number of halogens is 2. The molecular weight excluding hydrogens is 424 g/mol. The number of rotatable bonds is 6. The number of carbonyl (C=O) groups is 1. The Bertz CT molecular complexity index is 668. The van der Waals surface area contributed by atoms with Crippen molar-refractivity contribution in [3.05, 3.63) is 57.0 Å². The number of benzene rings is 2. The first-order valence-electron chi connectivity index (χ1n) is 7.38. The molecule has 3 nitrogen and oxygen atoms in total. The Balaban J connectivity index is 1.93. The Labute approximate surface area is 153 Å². The van der Waals surface area contributed by atoms with E-state index in [1.165, 1.54) is 5.56 Å². The third-order valence-corrected chi connectivity index (χ3v) is 4.68. The van der Waals surface area contributed by atoms with Crippen LogP contribution in [0.4, 0.5) is 0 Å². The summed E-state index contributed by atoms with van der Waals surface area (Å²) >= 11 is 6.80. The maximum atomic E-state index is 11.9. The van der Waals surface area contributed by atoms with Gasteiger partial charge in [-0.15, -0.1) is 0 Å². The van der Waals surface area contributed by atoms with Gasteiger partial charge < -0.3 is 9.47 Å². The number of hydrogen-bond donors (Lipinski definition) is 0. The van der Waals surface area contributed by atoms with Crippen molar-refractivity contribution in [2.45, 2.75) is 26.2 Å². The second-order valence-corrected chi connectivity index (χ2v) is 6.99. The maximum absolute atomic E-state index is 11.9. The predicted molar refractivity (Wildman–Crippen MR) is 98.1 cm³/mol. The van der Waals surface area contributed by atoms with E-state index in [1.54, 1.807) is 12.1 Å². The molecule has 0 aromatic heterocycles. The third kappa shape index (κ3) is 5.36. The molecule has 0 saturated carbocycles. The lowest BCUT2D eigenvalue weighted by atomic mass is 9.99. The van der Waals surface area contributed by atoms with Gasteiger partial charge in [0.2, 0.25) is 0 Å². The molecule has 0 aliphatic carbocycles. The molecule has 5 heteroatoms. The van der Waals surface area contributed by atoms with Crippen LogP contribution in [0.2, 0.25) is 0 Å². The van der Waals surface area contributed by atoms with Gasteiger partial charge in [-0.25, -0.2) is 4.79 Å². The van der Waals surface area contributed by atoms with Gasteiger partial charge in [0.25, 0.3) is 0 Å². The van der Waals surface area contributed by atoms with Crippen LogP contribution in [-0.4, -0.2) is 12.6 Å². The van der Waals surface area contributed by atoms with Crippen LogP contribution >= 0.6 is 31.9 Å². The summed E-state index contributed by atoms with van der Waals surface area (Å²) in [6.45, 7) is 4.17. The van der Waals surface area contributed by atoms with Crippen molar-refractivity contribution in [3.63, 3.8) is 0 Å². The fourth-order valence-corrected chi connectivity index (χ4v) is 2.71. The molecule has 0 amide bonds. The Morgan fingerprint density at radius 2 is 1.83 bits per heavy atom. The zero-order chi connectivity index (χ0) is 16.8. The van der Waals surface area contributed by atoms with Crippen molar-refractivity contribution in [3.8, 4) is 11.5 Å². The highest BCUT2D eigenvalue weighted by Gasteiger charge is 2.11. The molecule has 0 aliphatic rings. The van der Waals surface area contributed by atoms with Crippen LogP contribution in [0.1, 0.15) is 31.7 Å². The molecule has 2 aromatic rings. The fourth-order valence-electron chi connectivity index (χ4n) is 1.97. The molecule has 2 rings (SSSR count). The first-order chi connectivity index (χ1) is 11.0. The molecule has 0 fully saturated rings. The minimum Gasteiger partial charge on any atom is -0.482 e. The van der Waals surface area contributed by atoms with Crippen molar-refractivity contribution in [1.82, 2.24) is 0 Å². The van der Waals surface area contributed by atoms with Crippen LogP contribution in [0.15, 0.2) is 51.4 Å². The average molecular weight is 442 g/mol. The van der Waals surface area contributed by atoms with Crippen LogP contribution in [0.25, 0.3) is 0 Å². The molecule has 0 aliphatic heterocycles. The summed E-state index contributed by atoms with van der Waals surface area (Å²) in [6.07, 6.45) is 1.06. The van der Waals surface area contributed by atoms with E-state index < -0.39 is 5.97 Å². The molecule has 2 aromatic carbocycles. The minimum absolute atomic E-state index is 0.138. The molecule has 0 bridgehead atoms. The number of hydrogen-bond acceptors (Lipinski definition) is 3. The number of ether oxygens (including phenoxy) is 2. The van der Waals surface area contributed by atoms with Gasteiger partial charge in [-0.05, 0) is 70.2 Å². The predicted octanol–water partition coefficient (Wildman–Crippen LogP) is 5.71. The summed E-state index contributed by atoms with van der Waals surface area (Å²) in [5.41, 5.74) is 1.21. The van der Waals surface area contributed by atoms with Gasteiger partial charge in [-0.2, -0.15) is 0 Å². The highest BCUT2D eigenvalue weighted by atomic mass is 79.9. The highest BCUT2D eigenvalue weighted by molar-refractivity contribution is 9.10. The minimum atomic E-state index is -0.440. The molecule has 0 saturated heterocycles. The normalized spacial score (nSPS) is 11.8. The summed E-state index contributed by atoms with van der Waals surface area (Å²) < 4.78 is 12.5. The standard InChI is InChI=1S/C18H18Br2O3/c1-3-12(2)13-4-9-17(16(20)10-13)23-18(21)11-22-15-7-5-14(19)6-8-15/h4-10,12H,3,11H2,1-2H3. The topological polar surface area (TPSA) is 35.5 Å².